The van der Waals surface area contributed by atoms with Crippen molar-refractivity contribution in [3.05, 3.63) is 54.1 Å². The van der Waals surface area contributed by atoms with Gasteiger partial charge in [0.05, 0.1) is 13.1 Å². The maximum absolute atomic E-state index is 12.2. The van der Waals surface area contributed by atoms with E-state index < -0.39 is 43.0 Å². The molecule has 0 aliphatic carbocycles. The lowest BCUT2D eigenvalue weighted by Gasteiger charge is -2.14. The fourth-order valence-corrected chi connectivity index (χ4v) is 2.63. The van der Waals surface area contributed by atoms with Gasteiger partial charge in [0.2, 0.25) is 5.91 Å². The zero-order valence-corrected chi connectivity index (χ0v) is 16.7. The highest BCUT2D eigenvalue weighted by atomic mass is 19.4. The second-order valence-electron chi connectivity index (χ2n) is 6.66. The highest BCUT2D eigenvalue weighted by Crippen LogP contribution is 2.22. The molecule has 172 valence electrons. The highest BCUT2D eigenvalue weighted by molar-refractivity contribution is 5.98. The van der Waals surface area contributed by atoms with Crippen LogP contribution in [0, 0.1) is 0 Å². The van der Waals surface area contributed by atoms with E-state index >= 15 is 0 Å². The standard InChI is InChI=1S/C20H22F3N5O4/c21-20(22,23)11-25-10-17(29)26-15-7-5-13(6-8-15)12-1-3-14(4-2-12)18(30)27-16(9-24)19(31)28-32/h1-8,16,25,32H,9-11,24H2,(H,26,29)(H,27,30)(H,28,31)/t16-/m0/s1. The van der Waals surface area contributed by atoms with Crippen molar-refractivity contribution in [1.82, 2.24) is 16.1 Å². The van der Waals surface area contributed by atoms with E-state index in [0.717, 1.165) is 11.1 Å². The molecule has 0 fully saturated rings. The lowest BCUT2D eigenvalue weighted by atomic mass is 10.0. The molecule has 0 aromatic heterocycles. The van der Waals surface area contributed by atoms with Crippen LogP contribution in [0.2, 0.25) is 0 Å². The van der Waals surface area contributed by atoms with Crippen molar-refractivity contribution in [2.75, 3.05) is 25.0 Å². The van der Waals surface area contributed by atoms with Gasteiger partial charge in [0.15, 0.2) is 0 Å². The fraction of sp³-hybridized carbons (Fsp3) is 0.250. The molecule has 3 amide bonds. The van der Waals surface area contributed by atoms with Gasteiger partial charge in [-0.3, -0.25) is 19.6 Å². The molecule has 0 saturated heterocycles. The Hall–Kier alpha value is -3.48. The summed E-state index contributed by atoms with van der Waals surface area (Å²) < 4.78 is 36.2. The van der Waals surface area contributed by atoms with Gasteiger partial charge in [0.25, 0.3) is 11.8 Å². The lowest BCUT2D eigenvalue weighted by Crippen LogP contribution is -2.50. The summed E-state index contributed by atoms with van der Waals surface area (Å²) in [4.78, 5) is 35.3. The third-order valence-electron chi connectivity index (χ3n) is 4.23. The quantitative estimate of drug-likeness (QED) is 0.247. The number of alkyl halides is 3. The summed E-state index contributed by atoms with van der Waals surface area (Å²) in [6.45, 7) is -1.93. The average molecular weight is 453 g/mol. The summed E-state index contributed by atoms with van der Waals surface area (Å²) in [6, 6.07) is 11.9. The van der Waals surface area contributed by atoms with Crippen LogP contribution in [-0.2, 0) is 9.59 Å². The summed E-state index contributed by atoms with van der Waals surface area (Å²) in [7, 11) is 0. The molecule has 7 N–H and O–H groups in total. The topological polar surface area (TPSA) is 146 Å². The van der Waals surface area contributed by atoms with E-state index in [4.69, 9.17) is 10.9 Å². The second-order valence-corrected chi connectivity index (χ2v) is 6.66. The Balaban J connectivity index is 1.95. The van der Waals surface area contributed by atoms with E-state index in [1.165, 1.54) is 17.6 Å². The van der Waals surface area contributed by atoms with Crippen LogP contribution < -0.4 is 27.2 Å². The molecule has 0 unspecified atom stereocenters. The molecule has 0 bridgehead atoms. The van der Waals surface area contributed by atoms with Crippen molar-refractivity contribution in [3.63, 3.8) is 0 Å². The molecular formula is C20H22F3N5O4. The molecule has 32 heavy (non-hydrogen) atoms. The van der Waals surface area contributed by atoms with Gasteiger partial charge in [0.1, 0.15) is 6.04 Å². The maximum Gasteiger partial charge on any atom is 0.401 e. The van der Waals surface area contributed by atoms with Gasteiger partial charge >= 0.3 is 6.18 Å². The zero-order valence-electron chi connectivity index (χ0n) is 16.7. The predicted octanol–water partition coefficient (Wildman–Crippen LogP) is 1.01. The Morgan fingerprint density at radius 1 is 0.969 bits per heavy atom. The number of hydrogen-bond acceptors (Lipinski definition) is 6. The van der Waals surface area contributed by atoms with Crippen LogP contribution in [0.4, 0.5) is 18.9 Å². The predicted molar refractivity (Wildman–Crippen MR) is 110 cm³/mol. The van der Waals surface area contributed by atoms with E-state index in [-0.39, 0.29) is 12.1 Å². The molecule has 2 aromatic carbocycles. The van der Waals surface area contributed by atoms with Crippen LogP contribution in [-0.4, -0.2) is 54.8 Å². The minimum atomic E-state index is -4.39. The van der Waals surface area contributed by atoms with E-state index in [2.05, 4.69) is 10.6 Å². The van der Waals surface area contributed by atoms with Gasteiger partial charge in [0, 0.05) is 17.8 Å². The Labute approximate surface area is 181 Å². The summed E-state index contributed by atoms with van der Waals surface area (Å²) in [5, 5.41) is 15.5. The van der Waals surface area contributed by atoms with Gasteiger partial charge in [-0.2, -0.15) is 13.2 Å². The number of carbonyl (C=O) groups is 3. The van der Waals surface area contributed by atoms with Crippen molar-refractivity contribution < 1.29 is 32.8 Å². The van der Waals surface area contributed by atoms with E-state index in [1.807, 2.05) is 5.32 Å². The summed E-state index contributed by atoms with van der Waals surface area (Å²) in [6.07, 6.45) is -4.39. The number of nitrogens with one attached hydrogen (secondary N) is 4. The van der Waals surface area contributed by atoms with Crippen LogP contribution in [0.1, 0.15) is 10.4 Å². The Morgan fingerprint density at radius 3 is 2.03 bits per heavy atom. The van der Waals surface area contributed by atoms with Crippen molar-refractivity contribution in [3.8, 4) is 11.1 Å². The van der Waals surface area contributed by atoms with Crippen LogP contribution in [0.5, 0.6) is 0 Å². The summed E-state index contributed by atoms with van der Waals surface area (Å²) in [5.41, 5.74) is 9.04. The van der Waals surface area contributed by atoms with Gasteiger partial charge in [-0.1, -0.05) is 24.3 Å². The number of rotatable bonds is 9. The number of carbonyl (C=O) groups excluding carboxylic acids is 3. The van der Waals surface area contributed by atoms with Gasteiger partial charge in [-0.25, -0.2) is 5.48 Å². The first kappa shape index (κ1) is 24.8. The fourth-order valence-electron chi connectivity index (χ4n) is 2.63. The molecule has 0 saturated carbocycles. The zero-order chi connectivity index (χ0) is 23.7. The molecule has 0 aliphatic heterocycles. The number of hydroxylamine groups is 1. The minimum Gasteiger partial charge on any atom is -0.339 e. The number of benzene rings is 2. The number of hydrogen-bond donors (Lipinski definition) is 6. The average Bonchev–Trinajstić information content (AvgIpc) is 2.76. The number of anilines is 1. The minimum absolute atomic E-state index is 0.197. The molecule has 12 heteroatoms. The molecule has 2 aromatic rings. The normalized spacial score (nSPS) is 12.0. The number of amides is 3. The Morgan fingerprint density at radius 2 is 1.53 bits per heavy atom. The second kappa shape index (κ2) is 11.2. The molecule has 0 radical (unpaired) electrons. The number of halogens is 3. The van der Waals surface area contributed by atoms with Gasteiger partial charge in [-0.15, -0.1) is 0 Å². The Kier molecular flexibility index (Phi) is 8.70. The van der Waals surface area contributed by atoms with Crippen molar-refractivity contribution in [2.45, 2.75) is 12.2 Å². The third kappa shape index (κ3) is 7.65. The largest absolute Gasteiger partial charge is 0.401 e. The molecule has 1 atom stereocenters. The van der Waals surface area contributed by atoms with Crippen LogP contribution in [0.25, 0.3) is 11.1 Å². The summed E-state index contributed by atoms with van der Waals surface area (Å²) >= 11 is 0. The first-order chi connectivity index (χ1) is 15.1. The SMILES string of the molecule is NC[C@H](NC(=O)c1ccc(-c2ccc(NC(=O)CNCC(F)(F)F)cc2)cc1)C(=O)NO. The first-order valence-corrected chi connectivity index (χ1v) is 9.35. The van der Waals surface area contributed by atoms with Crippen molar-refractivity contribution in [2.24, 2.45) is 5.73 Å². The molecule has 0 aliphatic rings. The number of nitrogens with two attached hydrogens (primary N) is 1. The highest BCUT2D eigenvalue weighted by Gasteiger charge is 2.26. The monoisotopic (exact) mass is 453 g/mol. The Bertz CT molecular complexity index is 934. The lowest BCUT2D eigenvalue weighted by molar-refractivity contribution is -0.131. The maximum atomic E-state index is 12.2. The van der Waals surface area contributed by atoms with E-state index in [1.54, 1.807) is 36.4 Å². The van der Waals surface area contributed by atoms with E-state index in [9.17, 15) is 27.6 Å². The first-order valence-electron chi connectivity index (χ1n) is 9.35. The van der Waals surface area contributed by atoms with Crippen molar-refractivity contribution >= 4 is 23.4 Å². The summed E-state index contributed by atoms with van der Waals surface area (Å²) in [5.74, 6) is -1.99. The van der Waals surface area contributed by atoms with Crippen molar-refractivity contribution in [1.29, 1.82) is 0 Å². The van der Waals surface area contributed by atoms with Gasteiger partial charge in [-0.05, 0) is 35.4 Å². The molecule has 0 heterocycles. The van der Waals surface area contributed by atoms with Gasteiger partial charge < -0.3 is 21.7 Å². The van der Waals surface area contributed by atoms with Crippen LogP contribution in [0.15, 0.2) is 48.5 Å². The van der Waals surface area contributed by atoms with Crippen LogP contribution >= 0.6 is 0 Å². The van der Waals surface area contributed by atoms with Crippen LogP contribution in [0.3, 0.4) is 0 Å². The smallest absolute Gasteiger partial charge is 0.339 e. The molecule has 0 spiro atoms. The van der Waals surface area contributed by atoms with E-state index in [0.29, 0.717) is 5.69 Å². The molecule has 2 rings (SSSR count). The third-order valence-corrected chi connectivity index (χ3v) is 4.23. The molecule has 9 nitrogen and oxygen atoms in total. The molecular weight excluding hydrogens is 431 g/mol.